The molecule has 0 radical (unpaired) electrons. The van der Waals surface area contributed by atoms with Gasteiger partial charge in [0.2, 0.25) is 11.8 Å². The van der Waals surface area contributed by atoms with E-state index in [-0.39, 0.29) is 36.0 Å². The van der Waals surface area contributed by atoms with E-state index in [0.29, 0.717) is 37.5 Å². The number of carbonyl (C=O) groups is 2. The van der Waals surface area contributed by atoms with Gasteiger partial charge in [-0.2, -0.15) is 0 Å². The molecule has 2 fully saturated rings. The number of aromatic hydroxyl groups is 1. The number of rotatable bonds is 12. The molecule has 4 rings (SSSR count). The van der Waals surface area contributed by atoms with Gasteiger partial charge in [-0.15, -0.1) is 0 Å². The summed E-state index contributed by atoms with van der Waals surface area (Å²) < 4.78 is 6.18. The molecule has 0 spiro atoms. The van der Waals surface area contributed by atoms with Crippen molar-refractivity contribution in [1.82, 2.24) is 15.1 Å². The standard InChI is InChI=1S/C42H63N3O6/c1-11-26(2)34-24-37(48)35(38-28(4)36(47)23-33(25-46)51-38)22-31(34)21-30-13-12-29(20-27(30)3)14-17-41(5,6)39(49)43-42(7,8)40(50)45-18-15-32(16-19-45)44(9)10/h12-14,17,20,22,24,26,28,32-33,36,38,46-48H,11,15-16,18-19,21,23,25H2,1-10H3,(H,43,49). The monoisotopic (exact) mass is 705 g/mol. The number of aliphatic hydroxyl groups is 2. The second-order valence-corrected chi connectivity index (χ2v) is 16.4. The Morgan fingerprint density at radius 3 is 2.35 bits per heavy atom. The minimum absolute atomic E-state index is 0.0518. The summed E-state index contributed by atoms with van der Waals surface area (Å²) in [7, 11) is 4.15. The number of amides is 2. The van der Waals surface area contributed by atoms with Crippen LogP contribution in [0.2, 0.25) is 0 Å². The molecule has 5 unspecified atom stereocenters. The van der Waals surface area contributed by atoms with Crippen molar-refractivity contribution in [2.75, 3.05) is 33.8 Å². The van der Waals surface area contributed by atoms with E-state index < -0.39 is 29.3 Å². The lowest BCUT2D eigenvalue weighted by Crippen LogP contribution is -2.59. The van der Waals surface area contributed by atoms with Gasteiger partial charge in [-0.3, -0.25) is 9.59 Å². The van der Waals surface area contributed by atoms with Crippen molar-refractivity contribution >= 4 is 17.9 Å². The Balaban J connectivity index is 1.49. The van der Waals surface area contributed by atoms with Crippen molar-refractivity contribution in [2.45, 2.75) is 123 Å². The molecule has 2 heterocycles. The van der Waals surface area contributed by atoms with E-state index in [2.05, 4.69) is 63.3 Å². The molecule has 4 N–H and O–H groups in total. The Morgan fingerprint density at radius 2 is 1.76 bits per heavy atom. The maximum absolute atomic E-state index is 13.5. The second-order valence-electron chi connectivity index (χ2n) is 16.4. The van der Waals surface area contributed by atoms with Crippen LogP contribution in [0, 0.1) is 18.3 Å². The highest BCUT2D eigenvalue weighted by molar-refractivity contribution is 5.93. The number of ether oxygens (including phenoxy) is 1. The Labute approximate surface area is 306 Å². The number of benzene rings is 2. The molecule has 9 nitrogen and oxygen atoms in total. The zero-order valence-corrected chi connectivity index (χ0v) is 32.6. The fourth-order valence-corrected chi connectivity index (χ4v) is 7.36. The molecule has 282 valence electrons. The van der Waals surface area contributed by atoms with Gasteiger partial charge in [0, 0.05) is 37.0 Å². The molecule has 5 atom stereocenters. The molecular weight excluding hydrogens is 642 g/mol. The molecule has 2 aliphatic heterocycles. The smallest absolute Gasteiger partial charge is 0.247 e. The topological polar surface area (TPSA) is 123 Å². The van der Waals surface area contributed by atoms with E-state index in [0.717, 1.165) is 47.1 Å². The fraction of sp³-hybridized carbons (Fsp3) is 0.619. The van der Waals surface area contributed by atoms with Gasteiger partial charge in [-0.05, 0) is 120 Å². The fourth-order valence-electron chi connectivity index (χ4n) is 7.36. The lowest BCUT2D eigenvalue weighted by Gasteiger charge is -2.39. The number of hydrogen-bond acceptors (Lipinski definition) is 7. The molecule has 2 amide bonds. The number of hydrogen-bond donors (Lipinski definition) is 4. The van der Waals surface area contributed by atoms with E-state index in [1.165, 1.54) is 0 Å². The van der Waals surface area contributed by atoms with Crippen LogP contribution in [0.1, 0.15) is 120 Å². The number of phenolic OH excluding ortho intramolecular Hbond substituents is 1. The van der Waals surface area contributed by atoms with Crippen LogP contribution in [-0.2, 0) is 20.7 Å². The number of aliphatic hydroxyl groups excluding tert-OH is 2. The van der Waals surface area contributed by atoms with Gasteiger partial charge in [0.05, 0.1) is 30.3 Å². The highest BCUT2D eigenvalue weighted by Crippen LogP contribution is 2.42. The molecule has 0 aliphatic carbocycles. The van der Waals surface area contributed by atoms with Gasteiger partial charge >= 0.3 is 0 Å². The van der Waals surface area contributed by atoms with E-state index in [9.17, 15) is 24.9 Å². The largest absolute Gasteiger partial charge is 0.508 e. The first-order valence-electron chi connectivity index (χ1n) is 18.8. The summed E-state index contributed by atoms with van der Waals surface area (Å²) in [5.74, 6) is -0.116. The molecule has 0 bridgehead atoms. The van der Waals surface area contributed by atoms with Gasteiger partial charge in [-0.25, -0.2) is 0 Å². The van der Waals surface area contributed by atoms with Crippen LogP contribution in [0.4, 0.5) is 0 Å². The Kier molecular flexibility index (Phi) is 13.2. The van der Waals surface area contributed by atoms with Crippen molar-refractivity contribution in [3.8, 4) is 5.75 Å². The third-order valence-electron chi connectivity index (χ3n) is 11.3. The van der Waals surface area contributed by atoms with Crippen molar-refractivity contribution < 1.29 is 29.6 Å². The number of phenols is 1. The van der Waals surface area contributed by atoms with Crippen LogP contribution >= 0.6 is 0 Å². The first-order valence-corrected chi connectivity index (χ1v) is 18.8. The highest BCUT2D eigenvalue weighted by Gasteiger charge is 2.39. The van der Waals surface area contributed by atoms with Crippen molar-refractivity contribution in [2.24, 2.45) is 11.3 Å². The molecular formula is C42H63N3O6. The summed E-state index contributed by atoms with van der Waals surface area (Å²) in [6, 6.07) is 10.6. The minimum atomic E-state index is -1.02. The van der Waals surface area contributed by atoms with Gasteiger partial charge in [-0.1, -0.05) is 51.1 Å². The number of carbonyl (C=O) groups excluding carboxylic acids is 2. The zero-order valence-electron chi connectivity index (χ0n) is 32.6. The Bertz CT molecular complexity index is 1560. The molecule has 0 aromatic heterocycles. The second kappa shape index (κ2) is 16.6. The van der Waals surface area contributed by atoms with Crippen molar-refractivity contribution in [3.05, 3.63) is 69.8 Å². The summed E-state index contributed by atoms with van der Waals surface area (Å²) >= 11 is 0. The van der Waals surface area contributed by atoms with Crippen LogP contribution in [0.15, 0.2) is 36.4 Å². The maximum Gasteiger partial charge on any atom is 0.247 e. The van der Waals surface area contributed by atoms with Gasteiger partial charge in [0.15, 0.2) is 0 Å². The number of aryl methyl sites for hydroxylation is 1. The number of likely N-dealkylation sites (tertiary alicyclic amines) is 1. The van der Waals surface area contributed by atoms with Crippen LogP contribution in [0.3, 0.4) is 0 Å². The molecule has 2 aliphatic rings. The van der Waals surface area contributed by atoms with Gasteiger partial charge in [0.25, 0.3) is 0 Å². The third kappa shape index (κ3) is 9.60. The predicted octanol–water partition coefficient (Wildman–Crippen LogP) is 6.11. The third-order valence-corrected chi connectivity index (χ3v) is 11.3. The number of nitrogens with zero attached hydrogens (tertiary/aromatic N) is 2. The average Bonchev–Trinajstić information content (AvgIpc) is 3.09. The Morgan fingerprint density at radius 1 is 1.10 bits per heavy atom. The van der Waals surface area contributed by atoms with Crippen LogP contribution in [0.25, 0.3) is 6.08 Å². The maximum atomic E-state index is 13.5. The molecule has 0 saturated carbocycles. The van der Waals surface area contributed by atoms with Crippen molar-refractivity contribution in [3.63, 3.8) is 0 Å². The summed E-state index contributed by atoms with van der Waals surface area (Å²) in [6.07, 6.45) is 5.99. The minimum Gasteiger partial charge on any atom is -0.508 e. The molecule has 2 saturated heterocycles. The van der Waals surface area contributed by atoms with Crippen LogP contribution < -0.4 is 5.32 Å². The highest BCUT2D eigenvalue weighted by atomic mass is 16.5. The molecule has 2 aromatic carbocycles. The van der Waals surface area contributed by atoms with Gasteiger partial charge < -0.3 is 35.2 Å². The van der Waals surface area contributed by atoms with E-state index >= 15 is 0 Å². The molecule has 51 heavy (non-hydrogen) atoms. The summed E-state index contributed by atoms with van der Waals surface area (Å²) in [5.41, 5.74) is 4.16. The zero-order chi connectivity index (χ0) is 37.8. The summed E-state index contributed by atoms with van der Waals surface area (Å²) in [4.78, 5) is 31.0. The average molecular weight is 706 g/mol. The van der Waals surface area contributed by atoms with Gasteiger partial charge in [0.1, 0.15) is 11.3 Å². The van der Waals surface area contributed by atoms with E-state index in [4.69, 9.17) is 4.74 Å². The van der Waals surface area contributed by atoms with Crippen molar-refractivity contribution in [1.29, 1.82) is 0 Å². The summed E-state index contributed by atoms with van der Waals surface area (Å²) in [6.45, 7) is 16.8. The lowest BCUT2D eigenvalue weighted by molar-refractivity contribution is -0.146. The Hall–Kier alpha value is -3.24. The van der Waals surface area contributed by atoms with Crippen LogP contribution in [0.5, 0.6) is 5.75 Å². The molecule has 9 heteroatoms. The molecule has 2 aromatic rings. The predicted molar refractivity (Wildman–Crippen MR) is 204 cm³/mol. The quantitative estimate of drug-likeness (QED) is 0.210. The SMILES string of the molecule is CCC(C)c1cc(O)c(C2OC(CO)CC(O)C2C)cc1Cc1ccc(C=CC(C)(C)C(=O)NC(C)(C)C(=O)N2CCC(N(C)C)CC2)cc1C. The first kappa shape index (κ1) is 40.5. The first-order chi connectivity index (χ1) is 23.9. The van der Waals surface area contributed by atoms with E-state index in [1.54, 1.807) is 13.8 Å². The van der Waals surface area contributed by atoms with E-state index in [1.807, 2.05) is 50.0 Å². The lowest BCUT2D eigenvalue weighted by atomic mass is 9.82. The normalized spacial score (nSPS) is 22.8. The number of nitrogens with one attached hydrogen (secondary N) is 1. The van der Waals surface area contributed by atoms with Crippen LogP contribution in [-0.4, -0.2) is 94.5 Å². The summed E-state index contributed by atoms with van der Waals surface area (Å²) in [5, 5.41) is 34.7. The number of piperidine rings is 1.